The summed E-state index contributed by atoms with van der Waals surface area (Å²) in [6, 6.07) is 3.70. The van der Waals surface area contributed by atoms with Crippen LogP contribution >= 0.6 is 23.1 Å². The van der Waals surface area contributed by atoms with Crippen molar-refractivity contribution in [1.82, 2.24) is 9.36 Å². The van der Waals surface area contributed by atoms with Crippen LogP contribution in [0.15, 0.2) is 18.3 Å². The van der Waals surface area contributed by atoms with E-state index in [1.54, 1.807) is 19.4 Å². The van der Waals surface area contributed by atoms with E-state index in [4.69, 9.17) is 16.3 Å². The highest BCUT2D eigenvalue weighted by Gasteiger charge is 2.09. The van der Waals surface area contributed by atoms with Gasteiger partial charge < -0.3 is 4.74 Å². The third-order valence-electron chi connectivity index (χ3n) is 1.95. The first-order valence-electron chi connectivity index (χ1n) is 4.34. The van der Waals surface area contributed by atoms with E-state index in [2.05, 4.69) is 9.36 Å². The fourth-order valence-electron chi connectivity index (χ4n) is 1.26. The standard InChI is InChI=1S/C10H9ClN2OS/c1-6-3-9(15-13-6)7-5-12-10(11)4-8(7)14-2/h3-5H,1-2H3. The largest absolute Gasteiger partial charge is 0.496 e. The van der Waals surface area contributed by atoms with Crippen molar-refractivity contribution in [1.29, 1.82) is 0 Å². The van der Waals surface area contributed by atoms with E-state index in [0.717, 1.165) is 21.9 Å². The maximum atomic E-state index is 5.78. The van der Waals surface area contributed by atoms with Crippen molar-refractivity contribution in [3.05, 3.63) is 29.2 Å². The molecule has 3 nitrogen and oxygen atoms in total. The Bertz CT molecular complexity index is 484. The SMILES string of the molecule is COc1cc(Cl)ncc1-c1cc(C)ns1. The van der Waals surface area contributed by atoms with Gasteiger partial charge in [0.15, 0.2) is 0 Å². The van der Waals surface area contributed by atoms with E-state index >= 15 is 0 Å². The van der Waals surface area contributed by atoms with Gasteiger partial charge in [0, 0.05) is 12.3 Å². The molecular weight excluding hydrogens is 232 g/mol. The molecular formula is C10H9ClN2OS. The van der Waals surface area contributed by atoms with E-state index in [1.165, 1.54) is 11.5 Å². The lowest BCUT2D eigenvalue weighted by atomic mass is 10.2. The maximum Gasteiger partial charge on any atom is 0.132 e. The molecule has 0 saturated carbocycles. The number of ether oxygens (including phenoxy) is 1. The van der Waals surface area contributed by atoms with Crippen LogP contribution in [0, 0.1) is 6.92 Å². The lowest BCUT2D eigenvalue weighted by molar-refractivity contribution is 0.416. The minimum Gasteiger partial charge on any atom is -0.496 e. The fraction of sp³-hybridized carbons (Fsp3) is 0.200. The smallest absolute Gasteiger partial charge is 0.132 e. The first-order valence-corrected chi connectivity index (χ1v) is 5.49. The topological polar surface area (TPSA) is 35.0 Å². The van der Waals surface area contributed by atoms with Crippen LogP contribution in [0.5, 0.6) is 5.75 Å². The minimum absolute atomic E-state index is 0.428. The Kier molecular flexibility index (Phi) is 2.88. The predicted molar refractivity (Wildman–Crippen MR) is 61.6 cm³/mol. The minimum atomic E-state index is 0.428. The van der Waals surface area contributed by atoms with Gasteiger partial charge in [0.2, 0.25) is 0 Å². The van der Waals surface area contributed by atoms with Crippen LogP contribution in [0.25, 0.3) is 10.4 Å². The molecule has 78 valence electrons. The Morgan fingerprint density at radius 3 is 2.80 bits per heavy atom. The first kappa shape index (κ1) is 10.4. The number of halogens is 1. The average molecular weight is 241 g/mol. The maximum absolute atomic E-state index is 5.78. The molecule has 2 heterocycles. The van der Waals surface area contributed by atoms with Gasteiger partial charge in [-0.25, -0.2) is 4.98 Å². The summed E-state index contributed by atoms with van der Waals surface area (Å²) >= 11 is 7.21. The van der Waals surface area contributed by atoms with E-state index < -0.39 is 0 Å². The van der Waals surface area contributed by atoms with Crippen molar-refractivity contribution < 1.29 is 4.74 Å². The summed E-state index contributed by atoms with van der Waals surface area (Å²) in [5.41, 5.74) is 1.92. The molecule has 0 fully saturated rings. The predicted octanol–water partition coefficient (Wildman–Crippen LogP) is 3.18. The number of aryl methyl sites for hydroxylation is 1. The quantitative estimate of drug-likeness (QED) is 0.757. The molecule has 0 spiro atoms. The van der Waals surface area contributed by atoms with Gasteiger partial charge in [0.1, 0.15) is 10.9 Å². The molecule has 15 heavy (non-hydrogen) atoms. The zero-order chi connectivity index (χ0) is 10.8. The second-order valence-corrected chi connectivity index (χ2v) is 4.23. The highest BCUT2D eigenvalue weighted by Crippen LogP contribution is 2.33. The van der Waals surface area contributed by atoms with Gasteiger partial charge in [0.05, 0.1) is 23.2 Å². The lowest BCUT2D eigenvalue weighted by Crippen LogP contribution is -1.88. The zero-order valence-corrected chi connectivity index (χ0v) is 9.89. The van der Waals surface area contributed by atoms with Crippen molar-refractivity contribution in [2.24, 2.45) is 0 Å². The second kappa shape index (κ2) is 4.16. The molecule has 0 atom stereocenters. The molecule has 0 aliphatic carbocycles. The van der Waals surface area contributed by atoms with Gasteiger partial charge in [-0.2, -0.15) is 4.37 Å². The van der Waals surface area contributed by atoms with Crippen LogP contribution in [0.1, 0.15) is 5.69 Å². The first-order chi connectivity index (χ1) is 7.20. The highest BCUT2D eigenvalue weighted by atomic mass is 35.5. The number of hydrogen-bond acceptors (Lipinski definition) is 4. The second-order valence-electron chi connectivity index (χ2n) is 3.04. The van der Waals surface area contributed by atoms with Gasteiger partial charge in [-0.3, -0.25) is 0 Å². The number of methoxy groups -OCH3 is 1. The van der Waals surface area contributed by atoms with Crippen molar-refractivity contribution in [3.8, 4) is 16.2 Å². The number of pyridine rings is 1. The van der Waals surface area contributed by atoms with Gasteiger partial charge in [-0.15, -0.1) is 0 Å². The van der Waals surface area contributed by atoms with Gasteiger partial charge in [0.25, 0.3) is 0 Å². The number of rotatable bonds is 2. The average Bonchev–Trinajstić information content (AvgIpc) is 2.64. The molecule has 2 aromatic rings. The van der Waals surface area contributed by atoms with E-state index in [9.17, 15) is 0 Å². The van der Waals surface area contributed by atoms with Crippen LogP contribution in [-0.2, 0) is 0 Å². The third kappa shape index (κ3) is 2.11. The molecule has 0 aliphatic rings. The van der Waals surface area contributed by atoms with Crippen molar-refractivity contribution >= 4 is 23.1 Å². The summed E-state index contributed by atoms with van der Waals surface area (Å²) in [7, 11) is 1.61. The summed E-state index contributed by atoms with van der Waals surface area (Å²) in [6.07, 6.45) is 1.70. The Hall–Kier alpha value is -1.13. The molecule has 0 amide bonds. The van der Waals surface area contributed by atoms with E-state index in [-0.39, 0.29) is 0 Å². The molecule has 0 bridgehead atoms. The summed E-state index contributed by atoms with van der Waals surface area (Å²) in [4.78, 5) is 5.07. The Morgan fingerprint density at radius 1 is 1.40 bits per heavy atom. The van der Waals surface area contributed by atoms with Crippen LogP contribution in [0.4, 0.5) is 0 Å². The number of nitrogens with zero attached hydrogens (tertiary/aromatic N) is 2. The van der Waals surface area contributed by atoms with E-state index in [1.807, 2.05) is 13.0 Å². The summed E-state index contributed by atoms with van der Waals surface area (Å²) < 4.78 is 9.46. The number of hydrogen-bond donors (Lipinski definition) is 0. The van der Waals surface area contributed by atoms with Crippen LogP contribution < -0.4 is 4.74 Å². The summed E-state index contributed by atoms with van der Waals surface area (Å²) in [5.74, 6) is 0.721. The number of aromatic nitrogens is 2. The Morgan fingerprint density at radius 2 is 2.20 bits per heavy atom. The van der Waals surface area contributed by atoms with Crippen molar-refractivity contribution in [2.75, 3.05) is 7.11 Å². The highest BCUT2D eigenvalue weighted by molar-refractivity contribution is 7.09. The molecule has 0 saturated heterocycles. The summed E-state index contributed by atoms with van der Waals surface area (Å²) in [6.45, 7) is 1.95. The Balaban J connectivity index is 2.52. The normalized spacial score (nSPS) is 10.3. The molecule has 0 aliphatic heterocycles. The third-order valence-corrected chi connectivity index (χ3v) is 3.07. The van der Waals surface area contributed by atoms with Crippen LogP contribution in [0.2, 0.25) is 5.15 Å². The summed E-state index contributed by atoms with van der Waals surface area (Å²) in [5, 5.41) is 0.428. The molecule has 0 radical (unpaired) electrons. The molecule has 0 unspecified atom stereocenters. The van der Waals surface area contributed by atoms with Gasteiger partial charge in [-0.1, -0.05) is 11.6 Å². The van der Waals surface area contributed by atoms with E-state index in [0.29, 0.717) is 5.15 Å². The van der Waals surface area contributed by atoms with Gasteiger partial charge >= 0.3 is 0 Å². The lowest BCUT2D eigenvalue weighted by Gasteiger charge is -2.05. The van der Waals surface area contributed by atoms with Gasteiger partial charge in [-0.05, 0) is 24.5 Å². The van der Waals surface area contributed by atoms with Crippen LogP contribution in [-0.4, -0.2) is 16.5 Å². The molecule has 5 heteroatoms. The van der Waals surface area contributed by atoms with Crippen molar-refractivity contribution in [2.45, 2.75) is 6.92 Å². The molecule has 2 aromatic heterocycles. The fourth-order valence-corrected chi connectivity index (χ4v) is 2.18. The molecule has 0 aromatic carbocycles. The Labute approximate surface area is 96.9 Å². The molecule has 2 rings (SSSR count). The molecule has 0 N–H and O–H groups in total. The van der Waals surface area contributed by atoms with Crippen molar-refractivity contribution in [3.63, 3.8) is 0 Å². The zero-order valence-electron chi connectivity index (χ0n) is 8.32. The van der Waals surface area contributed by atoms with Crippen LogP contribution in [0.3, 0.4) is 0 Å². The monoisotopic (exact) mass is 240 g/mol.